The van der Waals surface area contributed by atoms with E-state index in [1.807, 2.05) is 12.1 Å². The van der Waals surface area contributed by atoms with Crippen LogP contribution in [0.4, 0.5) is 0 Å². The van der Waals surface area contributed by atoms with E-state index in [4.69, 9.17) is 14.2 Å². The van der Waals surface area contributed by atoms with Crippen molar-refractivity contribution in [2.45, 2.75) is 19.1 Å². The Morgan fingerprint density at radius 2 is 2.18 bits per heavy atom. The first kappa shape index (κ1) is 9.48. The molecular weight excluding hydrogens is 220 g/mol. The van der Waals surface area contributed by atoms with Crippen molar-refractivity contribution in [3.63, 3.8) is 0 Å². The fraction of sp³-hybridized carbons (Fsp3) is 0.462. The maximum atomic E-state index is 11.6. The van der Waals surface area contributed by atoms with E-state index in [0.717, 1.165) is 30.8 Å². The smallest absolute Gasteiger partial charge is 0.203 e. The Morgan fingerprint density at radius 3 is 3.12 bits per heavy atom. The summed E-state index contributed by atoms with van der Waals surface area (Å²) in [5.41, 5.74) is 1.80. The zero-order valence-electron chi connectivity index (χ0n) is 9.27. The average molecular weight is 232 g/mol. The first-order valence-electron chi connectivity index (χ1n) is 5.92. The van der Waals surface area contributed by atoms with E-state index in [0.29, 0.717) is 17.2 Å². The lowest BCUT2D eigenvalue weighted by Gasteiger charge is -2.27. The molecular formula is C13H12O4. The summed E-state index contributed by atoms with van der Waals surface area (Å²) < 4.78 is 16.6. The fourth-order valence-electron chi connectivity index (χ4n) is 2.78. The van der Waals surface area contributed by atoms with Gasteiger partial charge < -0.3 is 14.2 Å². The molecule has 1 saturated heterocycles. The summed E-state index contributed by atoms with van der Waals surface area (Å²) in [4.78, 5) is 11.6. The van der Waals surface area contributed by atoms with Crippen LogP contribution in [0.3, 0.4) is 0 Å². The van der Waals surface area contributed by atoms with E-state index in [1.165, 1.54) is 0 Å². The van der Waals surface area contributed by atoms with Gasteiger partial charge in [-0.05, 0) is 24.5 Å². The van der Waals surface area contributed by atoms with Crippen LogP contribution in [0.15, 0.2) is 12.1 Å². The first-order valence-corrected chi connectivity index (χ1v) is 5.92. The molecule has 4 nitrogen and oxygen atoms in total. The maximum absolute atomic E-state index is 11.6. The number of benzene rings is 1. The average Bonchev–Trinajstić information content (AvgIpc) is 2.91. The minimum Gasteiger partial charge on any atom is -0.485 e. The molecule has 0 aromatic heterocycles. The summed E-state index contributed by atoms with van der Waals surface area (Å²) >= 11 is 0. The Morgan fingerprint density at radius 1 is 1.24 bits per heavy atom. The van der Waals surface area contributed by atoms with Gasteiger partial charge in [0.1, 0.15) is 11.5 Å². The third-order valence-electron chi connectivity index (χ3n) is 3.70. The Hall–Kier alpha value is -1.55. The van der Waals surface area contributed by atoms with Crippen molar-refractivity contribution in [3.05, 3.63) is 23.3 Å². The molecule has 1 aromatic carbocycles. The van der Waals surface area contributed by atoms with Gasteiger partial charge in [-0.1, -0.05) is 0 Å². The number of fused-ring (bicyclic) bond motifs is 3. The Bertz CT molecular complexity index is 508. The van der Waals surface area contributed by atoms with Crippen LogP contribution in [0.5, 0.6) is 11.5 Å². The third-order valence-corrected chi connectivity index (χ3v) is 3.70. The van der Waals surface area contributed by atoms with Crippen LogP contribution >= 0.6 is 0 Å². The number of hydrogen-bond acceptors (Lipinski definition) is 4. The van der Waals surface area contributed by atoms with Gasteiger partial charge in [-0.25, -0.2) is 0 Å². The zero-order chi connectivity index (χ0) is 11.4. The van der Waals surface area contributed by atoms with Gasteiger partial charge in [0.2, 0.25) is 12.1 Å². The molecule has 88 valence electrons. The highest BCUT2D eigenvalue weighted by molar-refractivity contribution is 6.02. The molecule has 0 N–H and O–H groups in total. The van der Waals surface area contributed by atoms with Gasteiger partial charge in [-0.2, -0.15) is 0 Å². The second-order valence-electron chi connectivity index (χ2n) is 4.78. The highest BCUT2D eigenvalue weighted by Crippen LogP contribution is 2.40. The van der Waals surface area contributed by atoms with Gasteiger partial charge in [0.05, 0.1) is 12.2 Å². The summed E-state index contributed by atoms with van der Waals surface area (Å²) in [7, 11) is 0. The Labute approximate surface area is 98.5 Å². The lowest BCUT2D eigenvalue weighted by molar-refractivity contribution is -0.0699. The molecule has 3 heterocycles. The largest absolute Gasteiger partial charge is 0.485 e. The number of carbonyl (C=O) groups excluding carboxylic acids is 1. The molecule has 3 aliphatic rings. The van der Waals surface area contributed by atoms with E-state index in [1.54, 1.807) is 0 Å². The highest BCUT2D eigenvalue weighted by atomic mass is 16.7. The van der Waals surface area contributed by atoms with Crippen LogP contribution in [0.1, 0.15) is 22.3 Å². The van der Waals surface area contributed by atoms with Crippen molar-refractivity contribution >= 4 is 5.78 Å². The molecule has 1 aromatic rings. The van der Waals surface area contributed by atoms with Crippen LogP contribution in [-0.2, 0) is 11.2 Å². The molecule has 0 saturated carbocycles. The predicted octanol–water partition coefficient (Wildman–Crippen LogP) is 1.56. The molecule has 4 heteroatoms. The Balaban J connectivity index is 1.79. The van der Waals surface area contributed by atoms with E-state index >= 15 is 0 Å². The molecule has 0 bridgehead atoms. The standard InChI is InChI=1S/C13H12O4/c14-10-6-16-12-5-11-8(4-9(10)12)3-7-1-2-15-13(7)17-11/h4-5,7,13H,1-3,6H2. The minimum absolute atomic E-state index is 0.0626. The molecule has 17 heavy (non-hydrogen) atoms. The monoisotopic (exact) mass is 232 g/mol. The summed E-state index contributed by atoms with van der Waals surface area (Å²) in [6, 6.07) is 3.75. The number of ketones is 1. The van der Waals surface area contributed by atoms with Crippen LogP contribution in [0, 0.1) is 5.92 Å². The third kappa shape index (κ3) is 1.30. The number of Topliss-reactive ketones (excluding diaryl/α,β-unsaturated/α-hetero) is 1. The van der Waals surface area contributed by atoms with E-state index in [9.17, 15) is 4.79 Å². The van der Waals surface area contributed by atoms with Crippen LogP contribution in [-0.4, -0.2) is 25.3 Å². The van der Waals surface area contributed by atoms with Gasteiger partial charge in [0, 0.05) is 12.0 Å². The lowest BCUT2D eigenvalue weighted by Crippen LogP contribution is -2.29. The molecule has 0 aliphatic carbocycles. The number of carbonyl (C=O) groups is 1. The van der Waals surface area contributed by atoms with E-state index in [2.05, 4.69) is 0 Å². The normalized spacial score (nSPS) is 29.1. The zero-order valence-corrected chi connectivity index (χ0v) is 9.27. The summed E-state index contributed by atoms with van der Waals surface area (Å²) in [6.45, 7) is 0.917. The van der Waals surface area contributed by atoms with Gasteiger partial charge >= 0.3 is 0 Å². The SMILES string of the molecule is O=C1COc2cc3c(cc21)CC1CCOC1O3. The van der Waals surface area contributed by atoms with Gasteiger partial charge in [0.15, 0.2) is 6.61 Å². The van der Waals surface area contributed by atoms with Crippen molar-refractivity contribution in [2.24, 2.45) is 5.92 Å². The minimum atomic E-state index is -0.113. The van der Waals surface area contributed by atoms with Crippen molar-refractivity contribution in [1.29, 1.82) is 0 Å². The molecule has 0 spiro atoms. The lowest BCUT2D eigenvalue weighted by atomic mass is 9.92. The quantitative estimate of drug-likeness (QED) is 0.681. The number of hydrogen-bond donors (Lipinski definition) is 0. The number of ether oxygens (including phenoxy) is 3. The summed E-state index contributed by atoms with van der Waals surface area (Å²) in [6.07, 6.45) is 1.85. The molecule has 0 radical (unpaired) electrons. The van der Waals surface area contributed by atoms with Crippen LogP contribution in [0.25, 0.3) is 0 Å². The van der Waals surface area contributed by atoms with Crippen molar-refractivity contribution in [2.75, 3.05) is 13.2 Å². The topological polar surface area (TPSA) is 44.8 Å². The van der Waals surface area contributed by atoms with Gasteiger partial charge in [-0.3, -0.25) is 4.79 Å². The molecule has 3 aliphatic heterocycles. The Kier molecular flexibility index (Phi) is 1.80. The first-order chi connectivity index (χ1) is 8.31. The second kappa shape index (κ2) is 3.23. The summed E-state index contributed by atoms with van der Waals surface area (Å²) in [5, 5.41) is 0. The van der Waals surface area contributed by atoms with Crippen LogP contribution in [0.2, 0.25) is 0 Å². The van der Waals surface area contributed by atoms with Crippen molar-refractivity contribution < 1.29 is 19.0 Å². The molecule has 2 unspecified atom stereocenters. The van der Waals surface area contributed by atoms with Gasteiger partial charge in [-0.15, -0.1) is 0 Å². The van der Waals surface area contributed by atoms with Gasteiger partial charge in [0.25, 0.3) is 0 Å². The second-order valence-corrected chi connectivity index (χ2v) is 4.78. The predicted molar refractivity (Wildman–Crippen MR) is 58.4 cm³/mol. The number of rotatable bonds is 0. The van der Waals surface area contributed by atoms with Crippen molar-refractivity contribution in [1.82, 2.24) is 0 Å². The molecule has 4 rings (SSSR count). The maximum Gasteiger partial charge on any atom is 0.203 e. The van der Waals surface area contributed by atoms with E-state index < -0.39 is 0 Å². The molecule has 1 fully saturated rings. The highest BCUT2D eigenvalue weighted by Gasteiger charge is 2.36. The fourth-order valence-corrected chi connectivity index (χ4v) is 2.78. The van der Waals surface area contributed by atoms with Crippen LogP contribution < -0.4 is 9.47 Å². The van der Waals surface area contributed by atoms with Crippen molar-refractivity contribution in [3.8, 4) is 11.5 Å². The molecule has 0 amide bonds. The van der Waals surface area contributed by atoms with E-state index in [-0.39, 0.29) is 18.7 Å². The summed E-state index contributed by atoms with van der Waals surface area (Å²) in [5.74, 6) is 1.94. The molecule has 2 atom stereocenters.